The molecule has 1 N–H and O–H groups in total. The molecule has 0 amide bonds. The molecule has 1 aromatic carbocycles. The Bertz CT molecular complexity index is 499. The quantitative estimate of drug-likeness (QED) is 0.726. The maximum absolute atomic E-state index is 9.91. The van der Waals surface area contributed by atoms with Gasteiger partial charge in [-0.3, -0.25) is 0 Å². The maximum Gasteiger partial charge on any atom is 0.113 e. The zero-order chi connectivity index (χ0) is 9.76. The standard InChI is InChI=1S/C10H11N3O/c1-13-9-3-2-7(10(14)4-5-10)6-8(9)11-12-13/h2-3,6,14H,4-5H2,1H3. The van der Waals surface area contributed by atoms with Gasteiger partial charge >= 0.3 is 0 Å². The van der Waals surface area contributed by atoms with Crippen molar-refractivity contribution in [2.24, 2.45) is 7.05 Å². The van der Waals surface area contributed by atoms with Crippen LogP contribution in [-0.2, 0) is 12.6 Å². The smallest absolute Gasteiger partial charge is 0.113 e. The van der Waals surface area contributed by atoms with Gasteiger partial charge in [-0.05, 0) is 30.5 Å². The number of benzene rings is 1. The van der Waals surface area contributed by atoms with E-state index in [2.05, 4.69) is 10.3 Å². The maximum atomic E-state index is 9.91. The van der Waals surface area contributed by atoms with Crippen molar-refractivity contribution in [3.8, 4) is 0 Å². The first-order chi connectivity index (χ1) is 6.69. The Hall–Kier alpha value is -1.42. The topological polar surface area (TPSA) is 50.9 Å². The highest BCUT2D eigenvalue weighted by Crippen LogP contribution is 2.45. The molecule has 72 valence electrons. The van der Waals surface area contributed by atoms with E-state index >= 15 is 0 Å². The SMILES string of the molecule is Cn1nnc2cc(C3(O)CC3)ccc21. The third kappa shape index (κ3) is 0.974. The predicted molar refractivity (Wildman–Crippen MR) is 51.6 cm³/mol. The van der Waals surface area contributed by atoms with Crippen LogP contribution in [0.25, 0.3) is 11.0 Å². The van der Waals surface area contributed by atoms with E-state index < -0.39 is 5.60 Å². The molecule has 1 aliphatic carbocycles. The van der Waals surface area contributed by atoms with Crippen LogP contribution >= 0.6 is 0 Å². The molecule has 1 heterocycles. The average Bonchev–Trinajstić information content (AvgIpc) is 2.84. The first-order valence-electron chi connectivity index (χ1n) is 4.71. The van der Waals surface area contributed by atoms with E-state index in [-0.39, 0.29) is 0 Å². The van der Waals surface area contributed by atoms with E-state index in [9.17, 15) is 5.11 Å². The lowest BCUT2D eigenvalue weighted by atomic mass is 10.1. The summed E-state index contributed by atoms with van der Waals surface area (Å²) in [5, 5.41) is 17.9. The second-order valence-corrected chi connectivity index (χ2v) is 3.95. The van der Waals surface area contributed by atoms with Crippen LogP contribution in [0.5, 0.6) is 0 Å². The van der Waals surface area contributed by atoms with E-state index in [1.54, 1.807) is 4.68 Å². The molecule has 0 unspecified atom stereocenters. The van der Waals surface area contributed by atoms with Gasteiger partial charge in [-0.25, -0.2) is 4.68 Å². The van der Waals surface area contributed by atoms with E-state index in [0.717, 1.165) is 29.4 Å². The summed E-state index contributed by atoms with van der Waals surface area (Å²) in [4.78, 5) is 0. The third-order valence-electron chi connectivity index (χ3n) is 2.87. The fraction of sp³-hybridized carbons (Fsp3) is 0.400. The van der Waals surface area contributed by atoms with Gasteiger partial charge in [-0.1, -0.05) is 11.3 Å². The molecule has 1 fully saturated rings. The molecule has 0 radical (unpaired) electrons. The number of hydrogen-bond acceptors (Lipinski definition) is 3. The van der Waals surface area contributed by atoms with Crippen molar-refractivity contribution >= 4 is 11.0 Å². The van der Waals surface area contributed by atoms with Crippen LogP contribution < -0.4 is 0 Å². The Morgan fingerprint density at radius 1 is 1.43 bits per heavy atom. The monoisotopic (exact) mass is 189 g/mol. The minimum Gasteiger partial charge on any atom is -0.385 e. The molecule has 14 heavy (non-hydrogen) atoms. The van der Waals surface area contributed by atoms with Gasteiger partial charge in [0.2, 0.25) is 0 Å². The molecule has 3 rings (SSSR count). The minimum atomic E-state index is -0.578. The van der Waals surface area contributed by atoms with Crippen LogP contribution in [0.1, 0.15) is 18.4 Å². The summed E-state index contributed by atoms with van der Waals surface area (Å²) in [6, 6.07) is 5.84. The number of aromatic nitrogens is 3. The summed E-state index contributed by atoms with van der Waals surface area (Å²) in [5.41, 5.74) is 2.24. The number of nitrogens with zero attached hydrogens (tertiary/aromatic N) is 3. The molecule has 0 atom stereocenters. The van der Waals surface area contributed by atoms with Gasteiger partial charge in [-0.2, -0.15) is 0 Å². The van der Waals surface area contributed by atoms with Gasteiger partial charge in [0.1, 0.15) is 5.52 Å². The Balaban J connectivity index is 2.21. The Labute approximate surface area is 81.2 Å². The van der Waals surface area contributed by atoms with Crippen LogP contribution in [0, 0.1) is 0 Å². The van der Waals surface area contributed by atoms with Gasteiger partial charge in [0.15, 0.2) is 0 Å². The molecule has 0 bridgehead atoms. The van der Waals surface area contributed by atoms with Crippen molar-refractivity contribution in [2.45, 2.75) is 18.4 Å². The van der Waals surface area contributed by atoms with E-state index in [1.807, 2.05) is 25.2 Å². The highest BCUT2D eigenvalue weighted by atomic mass is 16.3. The van der Waals surface area contributed by atoms with Crippen LogP contribution in [0.4, 0.5) is 0 Å². The van der Waals surface area contributed by atoms with Crippen LogP contribution in [0.15, 0.2) is 18.2 Å². The van der Waals surface area contributed by atoms with E-state index in [1.165, 1.54) is 0 Å². The number of rotatable bonds is 1. The highest BCUT2D eigenvalue weighted by Gasteiger charge is 2.42. The zero-order valence-electron chi connectivity index (χ0n) is 7.94. The molecular weight excluding hydrogens is 178 g/mol. The summed E-state index contributed by atoms with van der Waals surface area (Å²) in [5.74, 6) is 0. The van der Waals surface area contributed by atoms with Gasteiger partial charge in [0.05, 0.1) is 11.1 Å². The van der Waals surface area contributed by atoms with E-state index in [4.69, 9.17) is 0 Å². The summed E-state index contributed by atoms with van der Waals surface area (Å²) in [7, 11) is 1.86. The van der Waals surface area contributed by atoms with Gasteiger partial charge in [-0.15, -0.1) is 5.10 Å². The largest absolute Gasteiger partial charge is 0.385 e. The second kappa shape index (κ2) is 2.33. The van der Waals surface area contributed by atoms with Gasteiger partial charge < -0.3 is 5.11 Å². The number of hydrogen-bond donors (Lipinski definition) is 1. The van der Waals surface area contributed by atoms with Crippen molar-refractivity contribution in [3.05, 3.63) is 23.8 Å². The van der Waals surface area contributed by atoms with Crippen molar-refractivity contribution in [3.63, 3.8) is 0 Å². The lowest BCUT2D eigenvalue weighted by Crippen LogP contribution is -2.03. The predicted octanol–water partition coefficient (Wildman–Crippen LogP) is 0.950. The van der Waals surface area contributed by atoms with Crippen molar-refractivity contribution in [2.75, 3.05) is 0 Å². The fourth-order valence-corrected chi connectivity index (χ4v) is 1.74. The van der Waals surface area contributed by atoms with Crippen LogP contribution in [0.3, 0.4) is 0 Å². The average molecular weight is 189 g/mol. The normalized spacial score (nSPS) is 18.7. The third-order valence-corrected chi connectivity index (χ3v) is 2.87. The zero-order valence-corrected chi connectivity index (χ0v) is 7.94. The molecule has 4 heteroatoms. The molecule has 1 aromatic heterocycles. The lowest BCUT2D eigenvalue weighted by molar-refractivity contribution is 0.151. The molecule has 1 aliphatic rings. The molecular formula is C10H11N3O. The Kier molecular flexibility index (Phi) is 1.32. The Morgan fingerprint density at radius 2 is 2.21 bits per heavy atom. The van der Waals surface area contributed by atoms with Crippen molar-refractivity contribution < 1.29 is 5.11 Å². The van der Waals surface area contributed by atoms with E-state index in [0.29, 0.717) is 0 Å². The number of aryl methyl sites for hydroxylation is 1. The minimum absolute atomic E-state index is 0.578. The highest BCUT2D eigenvalue weighted by molar-refractivity contribution is 5.75. The van der Waals surface area contributed by atoms with Gasteiger partial charge in [0, 0.05) is 7.05 Å². The number of fused-ring (bicyclic) bond motifs is 1. The summed E-state index contributed by atoms with van der Waals surface area (Å²) >= 11 is 0. The molecule has 0 aliphatic heterocycles. The Morgan fingerprint density at radius 3 is 2.93 bits per heavy atom. The van der Waals surface area contributed by atoms with Gasteiger partial charge in [0.25, 0.3) is 0 Å². The molecule has 2 aromatic rings. The molecule has 4 nitrogen and oxygen atoms in total. The molecule has 0 spiro atoms. The first kappa shape index (κ1) is 7.94. The summed E-state index contributed by atoms with van der Waals surface area (Å²) in [6.07, 6.45) is 1.72. The molecule has 1 saturated carbocycles. The first-order valence-corrected chi connectivity index (χ1v) is 4.71. The van der Waals surface area contributed by atoms with Crippen molar-refractivity contribution in [1.82, 2.24) is 15.0 Å². The van der Waals surface area contributed by atoms with Crippen molar-refractivity contribution in [1.29, 1.82) is 0 Å². The van der Waals surface area contributed by atoms with Crippen LogP contribution in [-0.4, -0.2) is 20.1 Å². The molecule has 0 saturated heterocycles. The summed E-state index contributed by atoms with van der Waals surface area (Å²) < 4.78 is 1.73. The second-order valence-electron chi connectivity index (χ2n) is 3.95. The summed E-state index contributed by atoms with van der Waals surface area (Å²) in [6.45, 7) is 0. The van der Waals surface area contributed by atoms with Crippen LogP contribution in [0.2, 0.25) is 0 Å². The number of aliphatic hydroxyl groups is 1. The fourth-order valence-electron chi connectivity index (χ4n) is 1.74. The lowest BCUT2D eigenvalue weighted by Gasteiger charge is -2.06.